The molecule has 0 atom stereocenters. The third kappa shape index (κ3) is 3.29. The molecule has 0 fully saturated rings. The molecule has 2 heteroatoms. The van der Waals surface area contributed by atoms with Crippen molar-refractivity contribution in [1.29, 1.82) is 0 Å². The van der Waals surface area contributed by atoms with Gasteiger partial charge in [0.15, 0.2) is 0 Å². The molecule has 0 N–H and O–H groups in total. The van der Waals surface area contributed by atoms with Gasteiger partial charge < -0.3 is 0 Å². The number of hydrogen-bond donors (Lipinski definition) is 0. The molecule has 16 heavy (non-hydrogen) atoms. The van der Waals surface area contributed by atoms with Crippen molar-refractivity contribution >= 4 is 23.4 Å². The summed E-state index contributed by atoms with van der Waals surface area (Å²) in [5.41, 5.74) is 1.30. The maximum Gasteiger partial charge on any atom is 0.0263 e. The van der Waals surface area contributed by atoms with Crippen molar-refractivity contribution in [2.75, 3.05) is 5.88 Å². The lowest BCUT2D eigenvalue weighted by Crippen LogP contribution is -1.84. The molecule has 0 heterocycles. The summed E-state index contributed by atoms with van der Waals surface area (Å²) in [4.78, 5) is 2.54. The fourth-order valence-electron chi connectivity index (χ4n) is 1.46. The van der Waals surface area contributed by atoms with Gasteiger partial charge in [-0.1, -0.05) is 42.1 Å². The molecule has 0 aliphatic rings. The number of rotatable bonds is 4. The molecule has 2 aromatic carbocycles. The topological polar surface area (TPSA) is 0 Å². The molecule has 0 unspecified atom stereocenters. The van der Waals surface area contributed by atoms with Gasteiger partial charge in [0.2, 0.25) is 0 Å². The summed E-state index contributed by atoms with van der Waals surface area (Å²) in [5, 5.41) is 0. The molecular formula is C14H13ClS. The summed E-state index contributed by atoms with van der Waals surface area (Å²) in [7, 11) is 0. The van der Waals surface area contributed by atoms with Crippen molar-refractivity contribution < 1.29 is 0 Å². The van der Waals surface area contributed by atoms with E-state index in [-0.39, 0.29) is 0 Å². The maximum atomic E-state index is 5.70. The second kappa shape index (κ2) is 5.97. The van der Waals surface area contributed by atoms with Crippen LogP contribution in [0.1, 0.15) is 5.56 Å². The highest BCUT2D eigenvalue weighted by atomic mass is 35.5. The van der Waals surface area contributed by atoms with E-state index in [0.29, 0.717) is 5.88 Å². The summed E-state index contributed by atoms with van der Waals surface area (Å²) in [6.45, 7) is 0. The lowest BCUT2D eigenvalue weighted by Gasteiger charge is -2.02. The second-order valence-corrected chi connectivity index (χ2v) is 5.02. The Morgan fingerprint density at radius 2 is 1.44 bits per heavy atom. The second-order valence-electron chi connectivity index (χ2n) is 3.50. The van der Waals surface area contributed by atoms with Crippen LogP contribution in [0, 0.1) is 0 Å². The number of aryl methyl sites for hydroxylation is 1. The molecule has 0 saturated heterocycles. The number of halogens is 1. The molecule has 0 radical (unpaired) electrons. The van der Waals surface area contributed by atoms with Crippen LogP contribution in [0.15, 0.2) is 64.4 Å². The molecule has 0 spiro atoms. The van der Waals surface area contributed by atoms with E-state index >= 15 is 0 Å². The largest absolute Gasteiger partial charge is 0.126 e. The Bertz CT molecular complexity index is 422. The van der Waals surface area contributed by atoms with E-state index in [4.69, 9.17) is 11.6 Å². The van der Waals surface area contributed by atoms with Crippen LogP contribution in [0.2, 0.25) is 0 Å². The summed E-state index contributed by atoms with van der Waals surface area (Å²) in [6, 6.07) is 19.0. The minimum atomic E-state index is 0.686. The summed E-state index contributed by atoms with van der Waals surface area (Å²) < 4.78 is 0. The van der Waals surface area contributed by atoms with E-state index in [1.54, 1.807) is 11.8 Å². The molecule has 0 aliphatic carbocycles. The lowest BCUT2D eigenvalue weighted by molar-refractivity contribution is 1.14. The minimum Gasteiger partial charge on any atom is -0.126 e. The average Bonchev–Trinajstić information content (AvgIpc) is 2.33. The Morgan fingerprint density at radius 1 is 0.812 bits per heavy atom. The van der Waals surface area contributed by atoms with Crippen molar-refractivity contribution in [3.63, 3.8) is 0 Å². The zero-order valence-electron chi connectivity index (χ0n) is 8.90. The van der Waals surface area contributed by atoms with Gasteiger partial charge in [0, 0.05) is 15.7 Å². The van der Waals surface area contributed by atoms with Crippen LogP contribution in [0.5, 0.6) is 0 Å². The van der Waals surface area contributed by atoms with Crippen LogP contribution < -0.4 is 0 Å². The summed E-state index contributed by atoms with van der Waals surface area (Å²) in [5.74, 6) is 0.686. The van der Waals surface area contributed by atoms with Crippen molar-refractivity contribution in [3.8, 4) is 0 Å². The minimum absolute atomic E-state index is 0.686. The first kappa shape index (κ1) is 11.6. The highest BCUT2D eigenvalue weighted by Gasteiger charge is 1.97. The SMILES string of the molecule is ClCCc1ccc(Sc2ccccc2)cc1. The molecule has 0 aromatic heterocycles. The predicted molar refractivity (Wildman–Crippen MR) is 71.4 cm³/mol. The summed E-state index contributed by atoms with van der Waals surface area (Å²) in [6.07, 6.45) is 0.942. The van der Waals surface area contributed by atoms with Gasteiger partial charge in [0.1, 0.15) is 0 Å². The fourth-order valence-corrected chi connectivity index (χ4v) is 2.51. The van der Waals surface area contributed by atoms with Gasteiger partial charge in [-0.05, 0) is 36.2 Å². The van der Waals surface area contributed by atoms with Crippen molar-refractivity contribution in [1.82, 2.24) is 0 Å². The van der Waals surface area contributed by atoms with Crippen LogP contribution in [0.3, 0.4) is 0 Å². The van der Waals surface area contributed by atoms with Crippen LogP contribution in [-0.2, 0) is 6.42 Å². The Morgan fingerprint density at radius 3 is 2.06 bits per heavy atom. The number of benzene rings is 2. The molecule has 2 aromatic rings. The standard InChI is InChI=1S/C14H13ClS/c15-11-10-12-6-8-14(9-7-12)16-13-4-2-1-3-5-13/h1-9H,10-11H2. The van der Waals surface area contributed by atoms with Crippen molar-refractivity contribution in [2.45, 2.75) is 16.2 Å². The van der Waals surface area contributed by atoms with Crippen molar-refractivity contribution in [3.05, 3.63) is 60.2 Å². The molecule has 0 nitrogen and oxygen atoms in total. The number of hydrogen-bond acceptors (Lipinski definition) is 1. The predicted octanol–water partition coefficient (Wildman–Crippen LogP) is 4.62. The zero-order valence-corrected chi connectivity index (χ0v) is 10.5. The summed E-state index contributed by atoms with van der Waals surface area (Å²) >= 11 is 7.48. The Balaban J connectivity index is 2.05. The van der Waals surface area contributed by atoms with Crippen LogP contribution in [-0.4, -0.2) is 5.88 Å². The van der Waals surface area contributed by atoms with Gasteiger partial charge >= 0.3 is 0 Å². The van der Waals surface area contributed by atoms with Gasteiger partial charge in [-0.15, -0.1) is 11.6 Å². The van der Waals surface area contributed by atoms with Crippen LogP contribution in [0.4, 0.5) is 0 Å². The highest BCUT2D eigenvalue weighted by Crippen LogP contribution is 2.27. The van der Waals surface area contributed by atoms with Gasteiger partial charge in [-0.2, -0.15) is 0 Å². The molecular weight excluding hydrogens is 236 g/mol. The molecule has 2 rings (SSSR count). The molecule has 0 aliphatic heterocycles. The van der Waals surface area contributed by atoms with Crippen LogP contribution >= 0.6 is 23.4 Å². The van der Waals surface area contributed by atoms with Gasteiger partial charge in [0.05, 0.1) is 0 Å². The average molecular weight is 249 g/mol. The maximum absolute atomic E-state index is 5.70. The first-order valence-corrected chi connectivity index (χ1v) is 6.61. The third-order valence-corrected chi connectivity index (χ3v) is 3.49. The zero-order chi connectivity index (χ0) is 11.2. The van der Waals surface area contributed by atoms with Gasteiger partial charge in [0.25, 0.3) is 0 Å². The van der Waals surface area contributed by atoms with Crippen LogP contribution in [0.25, 0.3) is 0 Å². The molecule has 0 amide bonds. The number of alkyl halides is 1. The highest BCUT2D eigenvalue weighted by molar-refractivity contribution is 7.99. The van der Waals surface area contributed by atoms with E-state index in [9.17, 15) is 0 Å². The molecule has 0 saturated carbocycles. The third-order valence-electron chi connectivity index (χ3n) is 2.29. The van der Waals surface area contributed by atoms with E-state index in [1.807, 2.05) is 6.07 Å². The smallest absolute Gasteiger partial charge is 0.0263 e. The van der Waals surface area contributed by atoms with Gasteiger partial charge in [-0.3, -0.25) is 0 Å². The molecule has 82 valence electrons. The Kier molecular flexibility index (Phi) is 4.32. The first-order chi connectivity index (χ1) is 7.88. The Labute approximate surface area is 106 Å². The normalized spacial score (nSPS) is 10.3. The van der Waals surface area contributed by atoms with Gasteiger partial charge in [-0.25, -0.2) is 0 Å². The van der Waals surface area contributed by atoms with Crippen molar-refractivity contribution in [2.24, 2.45) is 0 Å². The van der Waals surface area contributed by atoms with E-state index in [1.165, 1.54) is 15.4 Å². The first-order valence-electron chi connectivity index (χ1n) is 5.26. The van der Waals surface area contributed by atoms with E-state index in [2.05, 4.69) is 48.5 Å². The fraction of sp³-hybridized carbons (Fsp3) is 0.143. The van der Waals surface area contributed by atoms with E-state index < -0.39 is 0 Å². The van der Waals surface area contributed by atoms with E-state index in [0.717, 1.165) is 6.42 Å². The quantitative estimate of drug-likeness (QED) is 0.712. The molecule has 0 bridgehead atoms. The lowest BCUT2D eigenvalue weighted by atomic mass is 10.2. The Hall–Kier alpha value is -0.920. The monoisotopic (exact) mass is 248 g/mol.